The van der Waals surface area contributed by atoms with Crippen LogP contribution in [0.4, 0.5) is 5.82 Å². The summed E-state index contributed by atoms with van der Waals surface area (Å²) >= 11 is 0. The second-order valence-electron chi connectivity index (χ2n) is 4.91. The Balaban J connectivity index is 1.76. The minimum absolute atomic E-state index is 0.582. The maximum atomic E-state index is 5.83. The fraction of sp³-hybridized carbons (Fsp3) is 0.667. The molecule has 0 bridgehead atoms. The summed E-state index contributed by atoms with van der Waals surface area (Å²) < 4.78 is 0. The molecule has 0 aromatic carbocycles. The minimum atomic E-state index is 0.582. The van der Waals surface area contributed by atoms with Crippen molar-refractivity contribution in [3.63, 3.8) is 0 Å². The lowest BCUT2D eigenvalue weighted by Crippen LogP contribution is -2.24. The molecular weight excluding hydrogens is 200 g/mol. The van der Waals surface area contributed by atoms with Gasteiger partial charge in [0, 0.05) is 30.1 Å². The average Bonchev–Trinajstić information content (AvgIpc) is 2.98. The Morgan fingerprint density at radius 2 is 2.19 bits per heavy atom. The Kier molecular flexibility index (Phi) is 2.52. The summed E-state index contributed by atoms with van der Waals surface area (Å²) in [5.74, 6) is 2.18. The van der Waals surface area contributed by atoms with Crippen LogP contribution in [0, 0.1) is 0 Å². The maximum absolute atomic E-state index is 5.83. The van der Waals surface area contributed by atoms with Gasteiger partial charge in [-0.05, 0) is 32.2 Å². The highest BCUT2D eigenvalue weighted by molar-refractivity contribution is 5.31. The third kappa shape index (κ3) is 2.16. The SMILES string of the molecule is Nc1cc(CC2CCCN2)nc(C2CC2)n1. The van der Waals surface area contributed by atoms with Gasteiger partial charge in [-0.2, -0.15) is 0 Å². The number of anilines is 1. The number of rotatable bonds is 3. The van der Waals surface area contributed by atoms with Crippen LogP contribution in [0.3, 0.4) is 0 Å². The summed E-state index contributed by atoms with van der Waals surface area (Å²) in [5.41, 5.74) is 6.93. The van der Waals surface area contributed by atoms with Gasteiger partial charge in [0.2, 0.25) is 0 Å². The van der Waals surface area contributed by atoms with E-state index in [0.29, 0.717) is 17.8 Å². The molecular formula is C12H18N4. The van der Waals surface area contributed by atoms with Crippen molar-refractivity contribution in [2.45, 2.75) is 44.1 Å². The molecule has 4 nitrogen and oxygen atoms in total. The number of nitrogen functional groups attached to an aromatic ring is 1. The lowest BCUT2D eigenvalue weighted by Gasteiger charge is -2.10. The van der Waals surface area contributed by atoms with Crippen molar-refractivity contribution in [2.75, 3.05) is 12.3 Å². The van der Waals surface area contributed by atoms with E-state index < -0.39 is 0 Å². The molecule has 1 aliphatic carbocycles. The number of hydrogen-bond donors (Lipinski definition) is 2. The lowest BCUT2D eigenvalue weighted by atomic mass is 10.1. The highest BCUT2D eigenvalue weighted by Gasteiger charge is 2.27. The van der Waals surface area contributed by atoms with Crippen molar-refractivity contribution < 1.29 is 0 Å². The summed E-state index contributed by atoms with van der Waals surface area (Å²) in [7, 11) is 0. The Hall–Kier alpha value is -1.16. The van der Waals surface area contributed by atoms with Crippen LogP contribution in [-0.2, 0) is 6.42 Å². The Morgan fingerprint density at radius 1 is 1.31 bits per heavy atom. The van der Waals surface area contributed by atoms with Crippen LogP contribution in [-0.4, -0.2) is 22.6 Å². The van der Waals surface area contributed by atoms with E-state index in [1.165, 1.54) is 25.7 Å². The van der Waals surface area contributed by atoms with Gasteiger partial charge in [0.1, 0.15) is 11.6 Å². The van der Waals surface area contributed by atoms with Gasteiger partial charge in [0.15, 0.2) is 0 Å². The maximum Gasteiger partial charge on any atom is 0.134 e. The molecule has 1 unspecified atom stereocenters. The third-order valence-electron chi connectivity index (χ3n) is 3.38. The van der Waals surface area contributed by atoms with E-state index in [1.807, 2.05) is 6.07 Å². The number of nitrogens with one attached hydrogen (secondary N) is 1. The molecule has 4 heteroatoms. The van der Waals surface area contributed by atoms with Gasteiger partial charge in [0.25, 0.3) is 0 Å². The van der Waals surface area contributed by atoms with Crippen molar-refractivity contribution in [2.24, 2.45) is 0 Å². The van der Waals surface area contributed by atoms with Crippen LogP contribution in [0.2, 0.25) is 0 Å². The normalized spacial score (nSPS) is 24.9. The Morgan fingerprint density at radius 3 is 2.88 bits per heavy atom. The first-order valence-corrected chi connectivity index (χ1v) is 6.18. The molecule has 86 valence electrons. The summed E-state index contributed by atoms with van der Waals surface area (Å²) in [4.78, 5) is 8.94. The smallest absolute Gasteiger partial charge is 0.134 e. The van der Waals surface area contributed by atoms with Gasteiger partial charge in [-0.3, -0.25) is 0 Å². The number of nitrogens with two attached hydrogens (primary N) is 1. The van der Waals surface area contributed by atoms with Crippen LogP contribution < -0.4 is 11.1 Å². The van der Waals surface area contributed by atoms with E-state index in [0.717, 1.165) is 24.5 Å². The second-order valence-corrected chi connectivity index (χ2v) is 4.91. The first-order chi connectivity index (χ1) is 7.81. The summed E-state index contributed by atoms with van der Waals surface area (Å²) in [6.07, 6.45) is 5.98. The standard InChI is InChI=1S/C12H18N4/c13-11-7-10(6-9-2-1-5-14-9)15-12(16-11)8-3-4-8/h7-9,14H,1-6H2,(H2,13,15,16). The largest absolute Gasteiger partial charge is 0.384 e. The van der Waals surface area contributed by atoms with E-state index in [1.54, 1.807) is 0 Å². The molecule has 1 saturated carbocycles. The van der Waals surface area contributed by atoms with Crippen LogP contribution in [0.25, 0.3) is 0 Å². The zero-order valence-corrected chi connectivity index (χ0v) is 9.45. The molecule has 0 amide bonds. The van der Waals surface area contributed by atoms with Gasteiger partial charge >= 0.3 is 0 Å². The Bertz CT molecular complexity index is 381. The highest BCUT2D eigenvalue weighted by atomic mass is 15.0. The molecule has 3 rings (SSSR count). The van der Waals surface area contributed by atoms with Gasteiger partial charge in [-0.15, -0.1) is 0 Å². The Labute approximate surface area is 95.7 Å². The highest BCUT2D eigenvalue weighted by Crippen LogP contribution is 2.38. The molecule has 1 atom stereocenters. The third-order valence-corrected chi connectivity index (χ3v) is 3.38. The zero-order chi connectivity index (χ0) is 11.0. The monoisotopic (exact) mass is 218 g/mol. The number of aromatic nitrogens is 2. The first kappa shape index (κ1) is 10.0. The van der Waals surface area contributed by atoms with Crippen molar-refractivity contribution in [1.29, 1.82) is 0 Å². The van der Waals surface area contributed by atoms with Crippen molar-refractivity contribution in [3.8, 4) is 0 Å². The minimum Gasteiger partial charge on any atom is -0.384 e. The molecule has 16 heavy (non-hydrogen) atoms. The van der Waals surface area contributed by atoms with Crippen LogP contribution in [0.1, 0.15) is 43.1 Å². The quantitative estimate of drug-likeness (QED) is 0.801. The summed E-state index contributed by atoms with van der Waals surface area (Å²) in [6.45, 7) is 1.14. The average molecular weight is 218 g/mol. The van der Waals surface area contributed by atoms with Gasteiger partial charge < -0.3 is 11.1 Å². The second kappa shape index (κ2) is 4.01. The predicted molar refractivity (Wildman–Crippen MR) is 63.1 cm³/mol. The van der Waals surface area contributed by atoms with Crippen molar-refractivity contribution >= 4 is 5.82 Å². The number of hydrogen-bond acceptors (Lipinski definition) is 4. The summed E-state index contributed by atoms with van der Waals surface area (Å²) in [5, 5.41) is 3.49. The lowest BCUT2D eigenvalue weighted by molar-refractivity contribution is 0.592. The van der Waals surface area contributed by atoms with Gasteiger partial charge in [-0.25, -0.2) is 9.97 Å². The molecule has 1 aromatic heterocycles. The number of nitrogens with zero attached hydrogens (tertiary/aromatic N) is 2. The summed E-state index contributed by atoms with van der Waals surface area (Å²) in [6, 6.07) is 2.51. The fourth-order valence-electron chi connectivity index (χ4n) is 2.35. The van der Waals surface area contributed by atoms with E-state index >= 15 is 0 Å². The molecule has 0 radical (unpaired) electrons. The first-order valence-electron chi connectivity index (χ1n) is 6.18. The predicted octanol–water partition coefficient (Wildman–Crippen LogP) is 1.23. The van der Waals surface area contributed by atoms with E-state index in [2.05, 4.69) is 15.3 Å². The van der Waals surface area contributed by atoms with Crippen LogP contribution in [0.15, 0.2) is 6.07 Å². The van der Waals surface area contributed by atoms with Crippen molar-refractivity contribution in [3.05, 3.63) is 17.6 Å². The van der Waals surface area contributed by atoms with Crippen molar-refractivity contribution in [1.82, 2.24) is 15.3 Å². The van der Waals surface area contributed by atoms with Crippen LogP contribution >= 0.6 is 0 Å². The zero-order valence-electron chi connectivity index (χ0n) is 9.45. The topological polar surface area (TPSA) is 63.8 Å². The van der Waals surface area contributed by atoms with E-state index in [9.17, 15) is 0 Å². The molecule has 2 heterocycles. The van der Waals surface area contributed by atoms with Crippen LogP contribution in [0.5, 0.6) is 0 Å². The fourth-order valence-corrected chi connectivity index (χ4v) is 2.35. The molecule has 2 aliphatic rings. The molecule has 2 fully saturated rings. The molecule has 1 saturated heterocycles. The molecule has 0 spiro atoms. The van der Waals surface area contributed by atoms with E-state index in [4.69, 9.17) is 5.73 Å². The van der Waals surface area contributed by atoms with Gasteiger partial charge in [-0.1, -0.05) is 0 Å². The molecule has 3 N–H and O–H groups in total. The molecule has 1 aliphatic heterocycles. The molecule has 1 aromatic rings. The van der Waals surface area contributed by atoms with Gasteiger partial charge in [0.05, 0.1) is 0 Å². The van der Waals surface area contributed by atoms with E-state index in [-0.39, 0.29) is 0 Å².